The lowest BCUT2D eigenvalue weighted by Crippen LogP contribution is -2.58. The molecule has 4 atom stereocenters. The van der Waals surface area contributed by atoms with Crippen molar-refractivity contribution in [3.8, 4) is 0 Å². The first-order chi connectivity index (χ1) is 24.5. The van der Waals surface area contributed by atoms with Crippen molar-refractivity contribution in [3.05, 3.63) is 146 Å². The third-order valence-electron chi connectivity index (χ3n) is 8.39. The summed E-state index contributed by atoms with van der Waals surface area (Å²) in [6.45, 7) is 0. The summed E-state index contributed by atoms with van der Waals surface area (Å²) < 4.78 is 0. The van der Waals surface area contributed by atoms with Gasteiger partial charge >= 0.3 is 0 Å². The Labute approximate surface area is 298 Å². The molecule has 0 bridgehead atoms. The number of thiophene rings is 1. The van der Waals surface area contributed by atoms with E-state index in [9.17, 15) is 29.3 Å². The van der Waals surface area contributed by atoms with Crippen molar-refractivity contribution < 1.29 is 24.1 Å². The van der Waals surface area contributed by atoms with Crippen molar-refractivity contribution in [2.75, 3.05) is 0 Å². The van der Waals surface area contributed by atoms with Crippen LogP contribution in [0, 0.1) is 10.1 Å². The van der Waals surface area contributed by atoms with E-state index in [2.05, 4.69) is 16.0 Å². The Bertz CT molecular complexity index is 1990. The number of nitrogens with one attached hydrogen (secondary N) is 3. The highest BCUT2D eigenvalue weighted by Crippen LogP contribution is 2.18. The second-order valence-electron chi connectivity index (χ2n) is 12.2. The predicted molar refractivity (Wildman–Crippen MR) is 196 cm³/mol. The lowest BCUT2D eigenvalue weighted by atomic mass is 9.99. The van der Waals surface area contributed by atoms with Crippen molar-refractivity contribution in [2.45, 2.75) is 49.9 Å². The summed E-state index contributed by atoms with van der Waals surface area (Å²) in [5.74, 6) is -2.65. The molecule has 0 aliphatic heterocycles. The summed E-state index contributed by atoms with van der Waals surface area (Å²) in [5.41, 5.74) is 13.8. The number of nitrogens with two attached hydrogens (primary N) is 2. The van der Waals surface area contributed by atoms with Crippen molar-refractivity contribution in [2.24, 2.45) is 11.5 Å². The van der Waals surface area contributed by atoms with Crippen LogP contribution >= 0.6 is 11.3 Å². The van der Waals surface area contributed by atoms with Gasteiger partial charge in [0.1, 0.15) is 18.1 Å². The number of carbonyl (C=O) groups excluding carboxylic acids is 4. The minimum absolute atomic E-state index is 0.0372. The third kappa shape index (κ3) is 10.3. The summed E-state index contributed by atoms with van der Waals surface area (Å²) in [5, 5.41) is 23.2. The minimum Gasteiger partial charge on any atom is -0.368 e. The van der Waals surface area contributed by atoms with Crippen LogP contribution in [0.3, 0.4) is 0 Å². The lowest BCUT2D eigenvalue weighted by molar-refractivity contribution is -0.384. The SMILES string of the molecule is NC(=O)C(Cc1ccc([N+](=O)[O-])cc1)NC(=O)C(Cc1ccc2ccccc2c1)NC(=O)C(Cc1ccccc1)NC(=O)C(N)Cc1cccs1. The number of benzene rings is 4. The molecule has 1 heterocycles. The Kier molecular flexibility index (Phi) is 12.2. The van der Waals surface area contributed by atoms with E-state index in [-0.39, 0.29) is 24.9 Å². The normalized spacial score (nSPS) is 13.4. The zero-order valence-electron chi connectivity index (χ0n) is 27.6. The zero-order chi connectivity index (χ0) is 36.3. The number of amides is 4. The van der Waals surface area contributed by atoms with Gasteiger partial charge in [-0.1, -0.05) is 91.0 Å². The maximum absolute atomic E-state index is 14.0. The topological polar surface area (TPSA) is 200 Å². The Balaban J connectivity index is 1.39. The minimum atomic E-state index is -1.19. The van der Waals surface area contributed by atoms with Crippen LogP contribution in [-0.4, -0.2) is 52.7 Å². The molecule has 0 saturated carbocycles. The summed E-state index contributed by atoms with van der Waals surface area (Å²) in [6.07, 6.45) is 0.428. The molecule has 262 valence electrons. The fourth-order valence-electron chi connectivity index (χ4n) is 5.64. The molecule has 12 nitrogen and oxygen atoms in total. The van der Waals surface area contributed by atoms with E-state index < -0.39 is 52.7 Å². The molecule has 0 spiro atoms. The number of rotatable bonds is 16. The van der Waals surface area contributed by atoms with Crippen LogP contribution in [0.1, 0.15) is 21.6 Å². The van der Waals surface area contributed by atoms with Gasteiger partial charge in [0, 0.05) is 42.7 Å². The van der Waals surface area contributed by atoms with E-state index in [4.69, 9.17) is 11.5 Å². The second-order valence-corrected chi connectivity index (χ2v) is 13.2. The van der Waals surface area contributed by atoms with Gasteiger partial charge in [0.2, 0.25) is 23.6 Å². The maximum atomic E-state index is 14.0. The Morgan fingerprint density at radius 2 is 1.18 bits per heavy atom. The molecule has 0 aliphatic carbocycles. The van der Waals surface area contributed by atoms with Crippen molar-refractivity contribution in [1.29, 1.82) is 0 Å². The van der Waals surface area contributed by atoms with Gasteiger partial charge in [-0.25, -0.2) is 0 Å². The molecule has 0 aliphatic rings. The molecule has 4 amide bonds. The fraction of sp³-hybridized carbons (Fsp3) is 0.211. The molecule has 5 aromatic rings. The molecule has 0 radical (unpaired) electrons. The van der Waals surface area contributed by atoms with Crippen LogP contribution in [0.5, 0.6) is 0 Å². The highest BCUT2D eigenvalue weighted by Gasteiger charge is 2.31. The average Bonchev–Trinajstić information content (AvgIpc) is 3.64. The Hall–Kier alpha value is -5.92. The smallest absolute Gasteiger partial charge is 0.269 e. The van der Waals surface area contributed by atoms with Crippen LogP contribution in [0.25, 0.3) is 10.8 Å². The van der Waals surface area contributed by atoms with Crippen LogP contribution in [0.4, 0.5) is 5.69 Å². The Morgan fingerprint density at radius 1 is 0.627 bits per heavy atom. The van der Waals surface area contributed by atoms with Gasteiger partial charge < -0.3 is 27.4 Å². The second kappa shape index (κ2) is 17.1. The average molecular weight is 707 g/mol. The molecule has 4 aromatic carbocycles. The number of nitro benzene ring substituents is 1. The lowest BCUT2D eigenvalue weighted by Gasteiger charge is -2.26. The highest BCUT2D eigenvalue weighted by molar-refractivity contribution is 7.09. The van der Waals surface area contributed by atoms with E-state index >= 15 is 0 Å². The van der Waals surface area contributed by atoms with Gasteiger partial charge in [-0.05, 0) is 38.9 Å². The number of nitrogens with zero attached hydrogens (tertiary/aromatic N) is 1. The third-order valence-corrected chi connectivity index (χ3v) is 9.29. The molecule has 0 saturated heterocycles. The summed E-state index contributed by atoms with van der Waals surface area (Å²) in [6, 6.07) is 27.4. The number of nitro groups is 1. The molecule has 0 fully saturated rings. The molecular weight excluding hydrogens is 669 g/mol. The van der Waals surface area contributed by atoms with Crippen molar-refractivity contribution >= 4 is 51.4 Å². The molecular formula is C38H38N6O6S. The van der Waals surface area contributed by atoms with Crippen molar-refractivity contribution in [3.63, 3.8) is 0 Å². The van der Waals surface area contributed by atoms with E-state index in [1.807, 2.05) is 90.3 Å². The summed E-state index contributed by atoms with van der Waals surface area (Å²) >= 11 is 1.47. The van der Waals surface area contributed by atoms with Gasteiger partial charge in [-0.2, -0.15) is 0 Å². The first kappa shape index (κ1) is 36.4. The van der Waals surface area contributed by atoms with Gasteiger partial charge in [0.25, 0.3) is 5.69 Å². The van der Waals surface area contributed by atoms with Crippen LogP contribution in [0.15, 0.2) is 115 Å². The molecule has 13 heteroatoms. The molecule has 7 N–H and O–H groups in total. The molecule has 1 aromatic heterocycles. The number of non-ortho nitro benzene ring substituents is 1. The molecule has 5 rings (SSSR count). The summed E-state index contributed by atoms with van der Waals surface area (Å²) in [4.78, 5) is 65.3. The van der Waals surface area contributed by atoms with E-state index in [0.29, 0.717) is 12.0 Å². The van der Waals surface area contributed by atoms with Gasteiger partial charge in [0.05, 0.1) is 11.0 Å². The molecule has 51 heavy (non-hydrogen) atoms. The number of primary amides is 1. The molecule has 4 unspecified atom stereocenters. The van der Waals surface area contributed by atoms with Gasteiger partial charge in [-0.3, -0.25) is 29.3 Å². The number of carbonyl (C=O) groups is 4. The largest absolute Gasteiger partial charge is 0.368 e. The van der Waals surface area contributed by atoms with Crippen LogP contribution in [-0.2, 0) is 44.9 Å². The maximum Gasteiger partial charge on any atom is 0.269 e. The first-order valence-electron chi connectivity index (χ1n) is 16.3. The van der Waals surface area contributed by atoms with Crippen molar-refractivity contribution in [1.82, 2.24) is 16.0 Å². The zero-order valence-corrected chi connectivity index (χ0v) is 28.4. The van der Waals surface area contributed by atoms with Crippen LogP contribution in [0.2, 0.25) is 0 Å². The van der Waals surface area contributed by atoms with Gasteiger partial charge in [0.15, 0.2) is 0 Å². The standard InChI is InChI=1S/C38H38N6O6S/c39-31(23-30-11-6-18-51-30)36(46)42-33(21-24-7-2-1-3-8-24)38(48)43-34(22-26-12-15-27-9-4-5-10-28(27)19-26)37(47)41-32(35(40)45)20-25-13-16-29(17-14-25)44(49)50/h1-19,31-34H,20-23,39H2,(H2,40,45)(H,41,47)(H,42,46)(H,43,48). The number of hydrogen-bond acceptors (Lipinski definition) is 8. The Morgan fingerprint density at radius 3 is 1.80 bits per heavy atom. The monoisotopic (exact) mass is 706 g/mol. The van der Waals surface area contributed by atoms with Crippen LogP contribution < -0.4 is 27.4 Å². The van der Waals surface area contributed by atoms with Gasteiger partial charge in [-0.15, -0.1) is 11.3 Å². The number of fused-ring (bicyclic) bond motifs is 1. The fourth-order valence-corrected chi connectivity index (χ4v) is 6.41. The quantitative estimate of drug-likeness (QED) is 0.0765. The van der Waals surface area contributed by atoms with E-state index in [1.165, 1.54) is 35.6 Å². The predicted octanol–water partition coefficient (Wildman–Crippen LogP) is 3.35. The van der Waals surface area contributed by atoms with E-state index in [0.717, 1.165) is 26.8 Å². The first-order valence-corrected chi connectivity index (χ1v) is 17.2. The van der Waals surface area contributed by atoms with E-state index in [1.54, 1.807) is 0 Å². The summed E-state index contributed by atoms with van der Waals surface area (Å²) in [7, 11) is 0. The number of hydrogen-bond donors (Lipinski definition) is 5. The highest BCUT2D eigenvalue weighted by atomic mass is 32.1.